The lowest BCUT2D eigenvalue weighted by Crippen LogP contribution is -2.49. The van der Waals surface area contributed by atoms with Gasteiger partial charge < -0.3 is 5.32 Å². The van der Waals surface area contributed by atoms with Gasteiger partial charge in [-0.15, -0.1) is 0 Å². The van der Waals surface area contributed by atoms with Crippen LogP contribution in [0.1, 0.15) is 15.9 Å². The van der Waals surface area contributed by atoms with E-state index in [2.05, 4.69) is 39.4 Å². The van der Waals surface area contributed by atoms with Gasteiger partial charge in [-0.2, -0.15) is 0 Å². The Morgan fingerprint density at radius 1 is 0.889 bits per heavy atom. The zero-order chi connectivity index (χ0) is 19.1. The van der Waals surface area contributed by atoms with E-state index in [1.165, 1.54) is 5.56 Å². The predicted molar refractivity (Wildman–Crippen MR) is 107 cm³/mol. The molecule has 0 saturated carbocycles. The molecular weight excluding hydrogens is 362 g/mol. The van der Waals surface area contributed by atoms with Gasteiger partial charge in [0.2, 0.25) is 5.91 Å². The third kappa shape index (κ3) is 6.17. The molecule has 1 saturated heterocycles. The number of ketones is 1. The number of rotatable bonds is 7. The number of nitrogens with one attached hydrogen (secondary N) is 1. The lowest BCUT2D eigenvalue weighted by Gasteiger charge is -2.34. The quantitative estimate of drug-likeness (QED) is 0.744. The van der Waals surface area contributed by atoms with Crippen molar-refractivity contribution in [2.75, 3.05) is 39.3 Å². The fraction of sp³-hybridized carbons (Fsp3) is 0.333. The number of halogens is 1. The summed E-state index contributed by atoms with van der Waals surface area (Å²) < 4.78 is 0. The molecule has 142 valence electrons. The van der Waals surface area contributed by atoms with Crippen molar-refractivity contribution in [2.45, 2.75) is 6.54 Å². The highest BCUT2D eigenvalue weighted by molar-refractivity contribution is 6.30. The van der Waals surface area contributed by atoms with E-state index in [4.69, 9.17) is 11.6 Å². The lowest BCUT2D eigenvalue weighted by atomic mass is 10.1. The molecule has 0 radical (unpaired) electrons. The van der Waals surface area contributed by atoms with Crippen LogP contribution in [0.15, 0.2) is 54.6 Å². The summed E-state index contributed by atoms with van der Waals surface area (Å²) in [5.41, 5.74) is 1.86. The van der Waals surface area contributed by atoms with Gasteiger partial charge in [0.05, 0.1) is 13.1 Å². The topological polar surface area (TPSA) is 52.7 Å². The third-order valence-corrected chi connectivity index (χ3v) is 4.95. The number of Topliss-reactive ketones (excluding diaryl/α,β-unsaturated/α-hetero) is 1. The number of nitrogens with zero attached hydrogens (tertiary/aromatic N) is 2. The molecule has 0 unspecified atom stereocenters. The molecule has 1 heterocycles. The van der Waals surface area contributed by atoms with Gasteiger partial charge in [0.15, 0.2) is 5.78 Å². The molecule has 1 aliphatic heterocycles. The standard InChI is InChI=1S/C21H24ClN3O2/c22-19-8-6-18(7-9-19)20(26)14-23-21(27)16-25-12-10-24(11-13-25)15-17-4-2-1-3-5-17/h1-9H,10-16H2,(H,23,27). The first-order valence-corrected chi connectivity index (χ1v) is 9.52. The molecule has 0 spiro atoms. The zero-order valence-corrected chi connectivity index (χ0v) is 16.0. The Morgan fingerprint density at radius 2 is 1.52 bits per heavy atom. The van der Waals surface area contributed by atoms with Gasteiger partial charge >= 0.3 is 0 Å². The molecule has 1 amide bonds. The van der Waals surface area contributed by atoms with Crippen LogP contribution in [-0.2, 0) is 11.3 Å². The number of hydrogen-bond donors (Lipinski definition) is 1. The molecule has 3 rings (SSSR count). The SMILES string of the molecule is O=C(CN1CCN(Cc2ccccc2)CC1)NCC(=O)c1ccc(Cl)cc1. The Kier molecular flexibility index (Phi) is 6.98. The van der Waals surface area contributed by atoms with Crippen LogP contribution in [0.25, 0.3) is 0 Å². The molecule has 1 N–H and O–H groups in total. The Bertz CT molecular complexity index is 757. The van der Waals surface area contributed by atoms with Gasteiger partial charge in [-0.05, 0) is 29.8 Å². The van der Waals surface area contributed by atoms with Gasteiger partial charge in [0, 0.05) is 43.3 Å². The minimum absolute atomic E-state index is 0.00837. The Balaban J connectivity index is 1.36. The molecule has 27 heavy (non-hydrogen) atoms. The molecular formula is C21H24ClN3O2. The van der Waals surface area contributed by atoms with Crippen molar-refractivity contribution in [3.05, 3.63) is 70.7 Å². The van der Waals surface area contributed by atoms with E-state index in [1.807, 2.05) is 6.07 Å². The average molecular weight is 386 g/mol. The molecule has 5 nitrogen and oxygen atoms in total. The molecule has 0 aliphatic carbocycles. The normalized spacial score (nSPS) is 15.4. The van der Waals surface area contributed by atoms with Crippen molar-refractivity contribution in [1.82, 2.24) is 15.1 Å². The van der Waals surface area contributed by atoms with Crippen molar-refractivity contribution >= 4 is 23.3 Å². The minimum Gasteiger partial charge on any atom is -0.348 e. The van der Waals surface area contributed by atoms with Crippen molar-refractivity contribution in [1.29, 1.82) is 0 Å². The van der Waals surface area contributed by atoms with Gasteiger partial charge in [-0.1, -0.05) is 41.9 Å². The summed E-state index contributed by atoms with van der Waals surface area (Å²) in [7, 11) is 0. The maximum atomic E-state index is 12.1. The Labute approximate surface area is 164 Å². The highest BCUT2D eigenvalue weighted by Crippen LogP contribution is 2.10. The smallest absolute Gasteiger partial charge is 0.234 e. The fourth-order valence-corrected chi connectivity index (χ4v) is 3.25. The predicted octanol–water partition coefficient (Wildman–Crippen LogP) is 2.46. The summed E-state index contributed by atoms with van der Waals surface area (Å²) in [5, 5.41) is 3.30. The number of amides is 1. The second-order valence-electron chi connectivity index (χ2n) is 6.74. The van der Waals surface area contributed by atoms with Crippen molar-refractivity contribution in [2.24, 2.45) is 0 Å². The van der Waals surface area contributed by atoms with Crippen LogP contribution in [-0.4, -0.2) is 60.8 Å². The Morgan fingerprint density at radius 3 is 2.19 bits per heavy atom. The van der Waals surface area contributed by atoms with Crippen LogP contribution < -0.4 is 5.32 Å². The number of benzene rings is 2. The van der Waals surface area contributed by atoms with Gasteiger partial charge in [0.25, 0.3) is 0 Å². The zero-order valence-electron chi connectivity index (χ0n) is 15.2. The summed E-state index contributed by atoms with van der Waals surface area (Å²) in [6, 6.07) is 17.1. The number of hydrogen-bond acceptors (Lipinski definition) is 4. The fourth-order valence-electron chi connectivity index (χ4n) is 3.12. The van der Waals surface area contributed by atoms with Gasteiger partial charge in [0.1, 0.15) is 0 Å². The number of piperazine rings is 1. The second-order valence-corrected chi connectivity index (χ2v) is 7.18. The van der Waals surface area contributed by atoms with Crippen molar-refractivity contribution in [3.63, 3.8) is 0 Å². The van der Waals surface area contributed by atoms with E-state index in [0.29, 0.717) is 17.1 Å². The van der Waals surface area contributed by atoms with Crippen LogP contribution >= 0.6 is 11.6 Å². The molecule has 6 heteroatoms. The second kappa shape index (κ2) is 9.65. The van der Waals surface area contributed by atoms with Gasteiger partial charge in [-0.3, -0.25) is 19.4 Å². The summed E-state index contributed by atoms with van der Waals surface area (Å²) in [5.74, 6) is -0.235. The third-order valence-electron chi connectivity index (χ3n) is 4.69. The summed E-state index contributed by atoms with van der Waals surface area (Å²) >= 11 is 5.82. The monoisotopic (exact) mass is 385 g/mol. The van der Waals surface area contributed by atoms with Crippen LogP contribution in [0.4, 0.5) is 0 Å². The first-order valence-electron chi connectivity index (χ1n) is 9.14. The molecule has 1 aliphatic rings. The summed E-state index contributed by atoms with van der Waals surface area (Å²) in [6.45, 7) is 4.85. The van der Waals surface area contributed by atoms with Crippen molar-refractivity contribution < 1.29 is 9.59 Å². The van der Waals surface area contributed by atoms with E-state index in [0.717, 1.165) is 32.7 Å². The lowest BCUT2D eigenvalue weighted by molar-refractivity contribution is -0.122. The average Bonchev–Trinajstić information content (AvgIpc) is 2.69. The summed E-state index contributed by atoms with van der Waals surface area (Å²) in [6.07, 6.45) is 0. The van der Waals surface area contributed by atoms with E-state index >= 15 is 0 Å². The van der Waals surface area contributed by atoms with E-state index in [9.17, 15) is 9.59 Å². The molecule has 2 aromatic rings. The van der Waals surface area contributed by atoms with Crippen LogP contribution in [0.3, 0.4) is 0 Å². The molecule has 1 fully saturated rings. The van der Waals surface area contributed by atoms with E-state index in [-0.39, 0.29) is 18.2 Å². The largest absolute Gasteiger partial charge is 0.348 e. The molecule has 2 aromatic carbocycles. The van der Waals surface area contributed by atoms with E-state index < -0.39 is 0 Å². The highest BCUT2D eigenvalue weighted by Gasteiger charge is 2.19. The Hall–Kier alpha value is -2.21. The molecule has 0 aromatic heterocycles. The molecule has 0 bridgehead atoms. The number of carbonyl (C=O) groups excluding carboxylic acids is 2. The summed E-state index contributed by atoms with van der Waals surface area (Å²) in [4.78, 5) is 28.8. The van der Waals surface area contributed by atoms with Crippen molar-refractivity contribution in [3.8, 4) is 0 Å². The van der Waals surface area contributed by atoms with Crippen LogP contribution in [0.5, 0.6) is 0 Å². The maximum Gasteiger partial charge on any atom is 0.234 e. The first-order chi connectivity index (χ1) is 13.1. The van der Waals surface area contributed by atoms with Gasteiger partial charge in [-0.25, -0.2) is 0 Å². The van der Waals surface area contributed by atoms with Crippen LogP contribution in [0.2, 0.25) is 5.02 Å². The highest BCUT2D eigenvalue weighted by atomic mass is 35.5. The first kappa shape index (κ1) is 19.5. The number of carbonyl (C=O) groups is 2. The molecule has 0 atom stereocenters. The minimum atomic E-state index is -0.118. The maximum absolute atomic E-state index is 12.1. The van der Waals surface area contributed by atoms with E-state index in [1.54, 1.807) is 24.3 Å². The van der Waals surface area contributed by atoms with Crippen LogP contribution in [0, 0.1) is 0 Å².